The monoisotopic (exact) mass is 486 g/mol. The van der Waals surface area contributed by atoms with Crippen LogP contribution in [0.5, 0.6) is 0 Å². The minimum atomic E-state index is -0.953. The minimum absolute atomic E-state index is 0. The molecule has 0 fully saturated rings. The molecular weight excluding hydrogens is 454 g/mol. The summed E-state index contributed by atoms with van der Waals surface area (Å²) in [7, 11) is -0.953. The Kier molecular flexibility index (Phi) is 15.8. The van der Waals surface area contributed by atoms with Crippen LogP contribution in [0.2, 0.25) is 25.7 Å². The van der Waals surface area contributed by atoms with Gasteiger partial charge in [-0.05, 0) is 6.04 Å². The number of allylic oxidation sites excluding steroid dienone is 1. The van der Waals surface area contributed by atoms with Crippen molar-refractivity contribution in [1.82, 2.24) is 0 Å². The van der Waals surface area contributed by atoms with E-state index in [1.165, 1.54) is 45.0 Å². The molecule has 26 heavy (non-hydrogen) atoms. The summed E-state index contributed by atoms with van der Waals surface area (Å²) in [5.74, 6) is 0. The van der Waals surface area contributed by atoms with Gasteiger partial charge in [0.05, 0.1) is 0 Å². The second kappa shape index (κ2) is 13.3. The molecule has 0 spiro atoms. The Labute approximate surface area is 194 Å². The fourth-order valence-electron chi connectivity index (χ4n) is 3.04. The van der Waals surface area contributed by atoms with Gasteiger partial charge in [-0.15, -0.1) is 6.58 Å². The van der Waals surface area contributed by atoms with Gasteiger partial charge in [0.25, 0.3) is 0 Å². The Morgan fingerprint density at radius 1 is 0.923 bits per heavy atom. The van der Waals surface area contributed by atoms with E-state index >= 15 is 0 Å². The number of hydrogen-bond donors (Lipinski definition) is 0. The number of halogens is 2. The van der Waals surface area contributed by atoms with E-state index in [1.54, 1.807) is 0 Å². The van der Waals surface area contributed by atoms with Gasteiger partial charge in [-0.2, -0.15) is 45.5 Å². The van der Waals surface area contributed by atoms with Gasteiger partial charge in [-0.25, -0.2) is 12.1 Å². The maximum atomic E-state index is 4.15. The van der Waals surface area contributed by atoms with Crippen LogP contribution in [0.25, 0.3) is 0 Å². The molecule has 0 N–H and O–H groups in total. The first-order chi connectivity index (χ1) is 10.5. The fraction of sp³-hybridized carbons (Fsp3) is 0.455. The fourth-order valence-corrected chi connectivity index (χ4v) is 4.66. The predicted octanol–water partition coefficient (Wildman–Crippen LogP) is 0.796. The van der Waals surface area contributed by atoms with E-state index in [2.05, 4.69) is 85.1 Å². The summed E-state index contributed by atoms with van der Waals surface area (Å²) in [5, 5.41) is 0. The first-order valence-electron chi connectivity index (χ1n) is 8.60. The molecule has 2 rings (SSSR count). The molecule has 0 bridgehead atoms. The maximum Gasteiger partial charge on any atom is 4.00 e. The molecule has 0 heterocycles. The Morgan fingerprint density at radius 3 is 1.58 bits per heavy atom. The second-order valence-corrected chi connectivity index (χ2v) is 13.6. The average molecular weight is 489 g/mol. The van der Waals surface area contributed by atoms with Crippen molar-refractivity contribution >= 4 is 8.07 Å². The first-order valence-corrected chi connectivity index (χ1v) is 12.3. The van der Waals surface area contributed by atoms with Crippen LogP contribution >= 0.6 is 0 Å². The van der Waals surface area contributed by atoms with Crippen molar-refractivity contribution in [3.05, 3.63) is 69.8 Å². The van der Waals surface area contributed by atoms with E-state index in [-0.39, 0.29) is 51.0 Å². The largest absolute Gasteiger partial charge is 4.00 e. The molecular formula is C22H34Cl2SiZr. The molecule has 144 valence electrons. The van der Waals surface area contributed by atoms with E-state index in [9.17, 15) is 0 Å². The van der Waals surface area contributed by atoms with E-state index in [4.69, 9.17) is 0 Å². The van der Waals surface area contributed by atoms with Gasteiger partial charge >= 0.3 is 26.2 Å². The summed E-state index contributed by atoms with van der Waals surface area (Å²) in [6.45, 7) is 22.3. The van der Waals surface area contributed by atoms with E-state index < -0.39 is 8.07 Å². The van der Waals surface area contributed by atoms with Gasteiger partial charge < -0.3 is 24.8 Å². The Balaban J connectivity index is -0.000000374. The summed E-state index contributed by atoms with van der Waals surface area (Å²) >= 11 is 0. The van der Waals surface area contributed by atoms with Crippen molar-refractivity contribution in [2.75, 3.05) is 0 Å². The molecule has 0 nitrogen and oxygen atoms in total. The molecule has 0 aliphatic heterocycles. The maximum absolute atomic E-state index is 4.15. The molecule has 2 aromatic carbocycles. The van der Waals surface area contributed by atoms with Crippen LogP contribution in [0, 0.1) is 34.6 Å². The molecule has 0 saturated carbocycles. The zero-order valence-corrected chi connectivity index (χ0v) is 22.7. The van der Waals surface area contributed by atoms with Crippen LogP contribution < -0.4 is 24.8 Å². The zero-order valence-electron chi connectivity index (χ0n) is 17.7. The average Bonchev–Trinajstić information content (AvgIpc) is 2.99. The molecule has 0 amide bonds. The van der Waals surface area contributed by atoms with Crippen molar-refractivity contribution in [2.24, 2.45) is 0 Å². The van der Waals surface area contributed by atoms with E-state index in [0.29, 0.717) is 0 Å². The van der Waals surface area contributed by atoms with Gasteiger partial charge in [0.1, 0.15) is 0 Å². The molecule has 0 atom stereocenters. The second-order valence-electron chi connectivity index (χ2n) is 8.08. The molecule has 0 radical (unpaired) electrons. The minimum Gasteiger partial charge on any atom is -1.00 e. The zero-order chi connectivity index (χ0) is 17.8. The van der Waals surface area contributed by atoms with Crippen LogP contribution in [-0.2, 0) is 32.6 Å². The normalized spacial score (nSPS) is 9.85. The third-order valence-corrected chi connectivity index (χ3v) is 6.34. The van der Waals surface area contributed by atoms with Crippen molar-refractivity contribution in [3.8, 4) is 0 Å². The summed E-state index contributed by atoms with van der Waals surface area (Å²) in [6.07, 6.45) is 1.07. The molecule has 0 aliphatic carbocycles. The van der Waals surface area contributed by atoms with Gasteiger partial charge in [0, 0.05) is 8.07 Å². The number of hydrogen-bond acceptors (Lipinski definition) is 0. The van der Waals surface area contributed by atoms with E-state index in [0.717, 1.165) is 6.42 Å². The molecule has 2 aromatic rings. The summed E-state index contributed by atoms with van der Waals surface area (Å²) < 4.78 is 0. The Morgan fingerprint density at radius 2 is 1.31 bits per heavy atom. The third-order valence-electron chi connectivity index (χ3n) is 4.78. The molecule has 0 aliphatic rings. The van der Waals surface area contributed by atoms with Crippen molar-refractivity contribution < 1.29 is 51.0 Å². The van der Waals surface area contributed by atoms with Crippen LogP contribution in [0.3, 0.4) is 0 Å². The van der Waals surface area contributed by atoms with Gasteiger partial charge in [0.2, 0.25) is 0 Å². The first kappa shape index (κ1) is 30.8. The van der Waals surface area contributed by atoms with Crippen molar-refractivity contribution in [1.29, 1.82) is 0 Å². The van der Waals surface area contributed by atoms with Crippen molar-refractivity contribution in [3.63, 3.8) is 0 Å². The van der Waals surface area contributed by atoms with Crippen LogP contribution in [0.4, 0.5) is 0 Å². The van der Waals surface area contributed by atoms with E-state index in [1.807, 2.05) is 0 Å². The topological polar surface area (TPSA) is 0 Å². The quantitative estimate of drug-likeness (QED) is 0.339. The summed E-state index contributed by atoms with van der Waals surface area (Å²) in [4.78, 5) is 0. The molecule has 0 aromatic heterocycles. The van der Waals surface area contributed by atoms with Crippen LogP contribution in [0.15, 0.2) is 36.4 Å². The van der Waals surface area contributed by atoms with Crippen molar-refractivity contribution in [2.45, 2.75) is 66.7 Å². The predicted molar refractivity (Wildman–Crippen MR) is 109 cm³/mol. The molecule has 4 heteroatoms. The van der Waals surface area contributed by atoms with Gasteiger partial charge in [-0.1, -0.05) is 66.3 Å². The van der Waals surface area contributed by atoms with Crippen LogP contribution in [0.1, 0.15) is 33.4 Å². The summed E-state index contributed by atoms with van der Waals surface area (Å²) in [5.41, 5.74) is 10.1. The standard InChI is InChI=1S/C12H19Si.C10H15.2ClH.Zr/c1-11(10-13(2,3)4)9-12-7-5-6-8-12;1-6-7(2)9(4)10(5)8(6)3;;;/h5-8H,1,9-10H2,2-4H3;1-5H3;2*1H;/q2*-1;;;+4/p-2. The Bertz CT molecular complexity index is 566. The molecule has 0 saturated heterocycles. The summed E-state index contributed by atoms with van der Waals surface area (Å²) in [6, 6.07) is 9.79. The molecule has 0 unspecified atom stereocenters. The van der Waals surface area contributed by atoms with Crippen LogP contribution in [-0.4, -0.2) is 8.07 Å². The Hall–Kier alpha value is 0.120. The third kappa shape index (κ3) is 9.88. The van der Waals surface area contributed by atoms with Gasteiger partial charge in [0.15, 0.2) is 0 Å². The number of rotatable bonds is 4. The smallest absolute Gasteiger partial charge is 1.00 e. The van der Waals surface area contributed by atoms with Gasteiger partial charge in [-0.3, -0.25) is 0 Å². The SMILES string of the molecule is C=C(C[c-]1cccc1)C[Si](C)(C)C.Cc1c(C)c(C)[c-](C)c1C.[Cl-].[Cl-].[Zr+4].